The van der Waals surface area contributed by atoms with Crippen LogP contribution in [0, 0.1) is 0 Å². The van der Waals surface area contributed by atoms with Crippen molar-refractivity contribution in [1.82, 2.24) is 29.9 Å². The minimum atomic E-state index is -0.519. The van der Waals surface area contributed by atoms with Crippen LogP contribution in [0.1, 0.15) is 5.82 Å². The molecule has 0 unspecified atom stereocenters. The van der Waals surface area contributed by atoms with Gasteiger partial charge in [0, 0.05) is 31.4 Å². The van der Waals surface area contributed by atoms with Crippen LogP contribution in [0.3, 0.4) is 0 Å². The van der Waals surface area contributed by atoms with Crippen LogP contribution in [-0.2, 0) is 13.6 Å². The van der Waals surface area contributed by atoms with E-state index in [4.69, 9.17) is 4.74 Å². The van der Waals surface area contributed by atoms with Gasteiger partial charge in [0.2, 0.25) is 0 Å². The molecule has 0 atom stereocenters. The Kier molecular flexibility index (Phi) is 5.69. The lowest BCUT2D eigenvalue weighted by molar-refractivity contribution is 0.273. The van der Waals surface area contributed by atoms with Crippen molar-refractivity contribution in [3.63, 3.8) is 0 Å². The molecule has 0 aliphatic rings. The van der Waals surface area contributed by atoms with Crippen molar-refractivity contribution >= 4 is 5.82 Å². The Bertz CT molecular complexity index is 1110. The Morgan fingerprint density at radius 3 is 2.80 bits per heavy atom. The standard InChI is InChI=1S/C21H22FN7O/c1-28(13-21-27-24-14-29(21)2)20-7-6-16(12-23-20)19-11-18(25-26-19)15-4-3-5-17(10-15)30-9-8-22/h3-7,10-12,14H,8-9,13H2,1-2H3,(H,25,26). The number of aromatic amines is 1. The van der Waals surface area contributed by atoms with Crippen molar-refractivity contribution in [2.75, 3.05) is 25.2 Å². The van der Waals surface area contributed by atoms with E-state index in [-0.39, 0.29) is 6.61 Å². The van der Waals surface area contributed by atoms with Gasteiger partial charge in [0.1, 0.15) is 31.2 Å². The number of pyridine rings is 1. The highest BCUT2D eigenvalue weighted by Gasteiger charge is 2.10. The number of hydrogen-bond acceptors (Lipinski definition) is 6. The number of H-pyrrole nitrogens is 1. The van der Waals surface area contributed by atoms with Crippen LogP contribution in [0.5, 0.6) is 5.75 Å². The van der Waals surface area contributed by atoms with Gasteiger partial charge in [-0.25, -0.2) is 9.37 Å². The lowest BCUT2D eigenvalue weighted by atomic mass is 10.1. The summed E-state index contributed by atoms with van der Waals surface area (Å²) in [5, 5.41) is 15.4. The fourth-order valence-corrected chi connectivity index (χ4v) is 3.03. The number of nitrogens with zero attached hydrogens (tertiary/aromatic N) is 6. The van der Waals surface area contributed by atoms with Gasteiger partial charge < -0.3 is 14.2 Å². The summed E-state index contributed by atoms with van der Waals surface area (Å²) in [4.78, 5) is 6.56. The van der Waals surface area contributed by atoms with E-state index in [0.29, 0.717) is 12.3 Å². The molecular weight excluding hydrogens is 385 g/mol. The number of anilines is 1. The average molecular weight is 407 g/mol. The lowest BCUT2D eigenvalue weighted by Crippen LogP contribution is -2.19. The normalized spacial score (nSPS) is 10.9. The Morgan fingerprint density at radius 2 is 2.07 bits per heavy atom. The number of aromatic nitrogens is 6. The summed E-state index contributed by atoms with van der Waals surface area (Å²) in [6, 6.07) is 13.4. The molecule has 0 saturated carbocycles. The Balaban J connectivity index is 1.48. The Labute approximate surface area is 173 Å². The third-order valence-electron chi connectivity index (χ3n) is 4.69. The fourth-order valence-electron chi connectivity index (χ4n) is 3.03. The molecule has 1 aromatic carbocycles. The van der Waals surface area contributed by atoms with Crippen LogP contribution in [0.15, 0.2) is 55.0 Å². The minimum Gasteiger partial charge on any atom is -0.491 e. The first-order chi connectivity index (χ1) is 14.6. The first-order valence-corrected chi connectivity index (χ1v) is 9.49. The zero-order chi connectivity index (χ0) is 20.9. The highest BCUT2D eigenvalue weighted by molar-refractivity contribution is 5.69. The van der Waals surface area contributed by atoms with Gasteiger partial charge in [-0.05, 0) is 30.3 Å². The number of halogens is 1. The highest BCUT2D eigenvalue weighted by atomic mass is 19.1. The van der Waals surface area contributed by atoms with Crippen molar-refractivity contribution in [1.29, 1.82) is 0 Å². The first kappa shape index (κ1) is 19.6. The van der Waals surface area contributed by atoms with Crippen LogP contribution in [0.2, 0.25) is 0 Å². The molecule has 8 nitrogen and oxygen atoms in total. The maximum absolute atomic E-state index is 12.3. The monoisotopic (exact) mass is 407 g/mol. The number of nitrogens with one attached hydrogen (secondary N) is 1. The van der Waals surface area contributed by atoms with Crippen LogP contribution in [0.25, 0.3) is 22.5 Å². The van der Waals surface area contributed by atoms with Gasteiger partial charge in [0.15, 0.2) is 5.82 Å². The van der Waals surface area contributed by atoms with Gasteiger partial charge in [-0.3, -0.25) is 5.10 Å². The van der Waals surface area contributed by atoms with Gasteiger partial charge in [0.05, 0.1) is 17.9 Å². The summed E-state index contributed by atoms with van der Waals surface area (Å²) in [5.74, 6) is 2.31. The smallest absolute Gasteiger partial charge is 0.152 e. The van der Waals surface area contributed by atoms with Crippen molar-refractivity contribution < 1.29 is 9.13 Å². The van der Waals surface area contributed by atoms with Gasteiger partial charge in [-0.2, -0.15) is 5.10 Å². The summed E-state index contributed by atoms with van der Waals surface area (Å²) in [5.41, 5.74) is 3.45. The van der Waals surface area contributed by atoms with Crippen molar-refractivity contribution in [2.24, 2.45) is 7.05 Å². The summed E-state index contributed by atoms with van der Waals surface area (Å²) in [6.45, 7) is 0.131. The number of hydrogen-bond donors (Lipinski definition) is 1. The predicted molar refractivity (Wildman–Crippen MR) is 112 cm³/mol. The number of alkyl halides is 1. The Hall–Kier alpha value is -3.75. The van der Waals surface area contributed by atoms with Gasteiger partial charge in [0.25, 0.3) is 0 Å². The molecule has 0 fully saturated rings. The number of rotatable bonds is 8. The maximum atomic E-state index is 12.3. The number of ether oxygens (including phenoxy) is 1. The van der Waals surface area contributed by atoms with Gasteiger partial charge >= 0.3 is 0 Å². The van der Waals surface area contributed by atoms with Crippen LogP contribution in [0.4, 0.5) is 10.2 Å². The summed E-state index contributed by atoms with van der Waals surface area (Å²) in [7, 11) is 3.87. The van der Waals surface area contributed by atoms with Gasteiger partial charge in [-0.15, -0.1) is 10.2 Å². The molecule has 0 amide bonds. The van der Waals surface area contributed by atoms with E-state index in [1.165, 1.54) is 0 Å². The van der Waals surface area contributed by atoms with Crippen molar-refractivity contribution in [3.8, 4) is 28.3 Å². The fraction of sp³-hybridized carbons (Fsp3) is 0.238. The molecule has 0 aliphatic carbocycles. The number of aryl methyl sites for hydroxylation is 1. The second kappa shape index (κ2) is 8.73. The Morgan fingerprint density at radius 1 is 1.17 bits per heavy atom. The van der Waals surface area contributed by atoms with E-state index < -0.39 is 6.67 Å². The molecule has 1 N–H and O–H groups in total. The molecule has 0 spiro atoms. The van der Waals surface area contributed by atoms with E-state index in [9.17, 15) is 4.39 Å². The molecule has 0 bridgehead atoms. The molecule has 3 aromatic heterocycles. The van der Waals surface area contributed by atoms with E-state index >= 15 is 0 Å². The highest BCUT2D eigenvalue weighted by Crippen LogP contribution is 2.27. The minimum absolute atomic E-state index is 0.0425. The topological polar surface area (TPSA) is 84.8 Å². The van der Waals surface area contributed by atoms with Crippen LogP contribution >= 0.6 is 0 Å². The molecular formula is C21H22FN7O. The summed E-state index contributed by atoms with van der Waals surface area (Å²) < 4.78 is 19.6. The van der Waals surface area contributed by atoms with Gasteiger partial charge in [-0.1, -0.05) is 12.1 Å². The molecule has 0 saturated heterocycles. The second-order valence-electron chi connectivity index (χ2n) is 6.85. The molecule has 4 aromatic rings. The van der Waals surface area contributed by atoms with E-state index in [1.54, 1.807) is 18.6 Å². The van der Waals surface area contributed by atoms with Crippen molar-refractivity contribution in [3.05, 3.63) is 60.8 Å². The van der Waals surface area contributed by atoms with Crippen molar-refractivity contribution in [2.45, 2.75) is 6.54 Å². The SMILES string of the molecule is CN(Cc1nncn1C)c1ccc(-c2cc(-c3cccc(OCCF)c3)[nH]n2)cn1. The van der Waals surface area contributed by atoms with Crippen LogP contribution in [-0.4, -0.2) is 50.3 Å². The molecule has 3 heterocycles. The molecule has 9 heteroatoms. The second-order valence-corrected chi connectivity index (χ2v) is 6.85. The lowest BCUT2D eigenvalue weighted by Gasteiger charge is -2.17. The predicted octanol–water partition coefficient (Wildman–Crippen LogP) is 3.25. The molecule has 0 radical (unpaired) electrons. The zero-order valence-corrected chi connectivity index (χ0v) is 16.8. The summed E-state index contributed by atoms with van der Waals surface area (Å²) in [6.07, 6.45) is 3.47. The molecule has 154 valence electrons. The average Bonchev–Trinajstić information content (AvgIpc) is 3.42. The largest absolute Gasteiger partial charge is 0.491 e. The van der Waals surface area contributed by atoms with E-state index in [1.807, 2.05) is 60.0 Å². The quantitative estimate of drug-likeness (QED) is 0.483. The first-order valence-electron chi connectivity index (χ1n) is 9.49. The van der Waals surface area contributed by atoms with Crippen LogP contribution < -0.4 is 9.64 Å². The number of benzene rings is 1. The molecule has 0 aliphatic heterocycles. The zero-order valence-electron chi connectivity index (χ0n) is 16.8. The molecule has 30 heavy (non-hydrogen) atoms. The maximum Gasteiger partial charge on any atom is 0.152 e. The third-order valence-corrected chi connectivity index (χ3v) is 4.69. The van der Waals surface area contributed by atoms with E-state index in [0.717, 1.165) is 34.2 Å². The van der Waals surface area contributed by atoms with E-state index in [2.05, 4.69) is 25.4 Å². The third kappa shape index (κ3) is 4.29. The molecule has 4 rings (SSSR count). The summed E-state index contributed by atoms with van der Waals surface area (Å²) >= 11 is 0.